The molecule has 2 aromatic carbocycles. The van der Waals surface area contributed by atoms with Crippen LogP contribution in [0.15, 0.2) is 60.7 Å². The van der Waals surface area contributed by atoms with Crippen LogP contribution in [0.3, 0.4) is 0 Å². The lowest BCUT2D eigenvalue weighted by Crippen LogP contribution is -2.35. The summed E-state index contributed by atoms with van der Waals surface area (Å²) in [6.45, 7) is 0.313. The highest BCUT2D eigenvalue weighted by atomic mass is 16.6. The Bertz CT molecular complexity index is 514. The van der Waals surface area contributed by atoms with Crippen LogP contribution >= 0.6 is 0 Å². The zero-order valence-corrected chi connectivity index (χ0v) is 10.5. The van der Waals surface area contributed by atoms with Gasteiger partial charge in [0.15, 0.2) is 0 Å². The van der Waals surface area contributed by atoms with Gasteiger partial charge in [-0.25, -0.2) is 4.79 Å². The first-order valence-electron chi connectivity index (χ1n) is 6.08. The lowest BCUT2D eigenvalue weighted by Gasteiger charge is -2.16. The summed E-state index contributed by atoms with van der Waals surface area (Å²) in [5.41, 5.74) is 6.63. The number of nitrogens with two attached hydrogens (primary N) is 1. The summed E-state index contributed by atoms with van der Waals surface area (Å²) >= 11 is 0. The zero-order valence-electron chi connectivity index (χ0n) is 10.5. The third-order valence-corrected chi connectivity index (χ3v) is 2.68. The molecule has 0 aliphatic carbocycles. The van der Waals surface area contributed by atoms with Gasteiger partial charge in [-0.3, -0.25) is 0 Å². The summed E-state index contributed by atoms with van der Waals surface area (Å²) < 4.78 is 5.16. The number of nitrogens with one attached hydrogen (secondary N) is 1. The van der Waals surface area contributed by atoms with Crippen LogP contribution < -0.4 is 15.8 Å². The van der Waals surface area contributed by atoms with E-state index in [0.717, 1.165) is 5.56 Å². The Hall–Kier alpha value is -2.33. The summed E-state index contributed by atoms with van der Waals surface area (Å²) in [5.74, 6) is 0.504. The Kier molecular flexibility index (Phi) is 4.53. The van der Waals surface area contributed by atoms with Gasteiger partial charge in [0.1, 0.15) is 5.75 Å². The van der Waals surface area contributed by atoms with Gasteiger partial charge in [0.05, 0.1) is 6.04 Å². The van der Waals surface area contributed by atoms with Crippen molar-refractivity contribution in [2.45, 2.75) is 6.04 Å². The van der Waals surface area contributed by atoms with E-state index in [0.29, 0.717) is 12.3 Å². The molecule has 2 rings (SSSR count). The Labute approximate surface area is 112 Å². The smallest absolute Gasteiger partial charge is 0.410 e. The van der Waals surface area contributed by atoms with Gasteiger partial charge in [-0.2, -0.15) is 0 Å². The molecule has 98 valence electrons. The average molecular weight is 256 g/mol. The van der Waals surface area contributed by atoms with Crippen molar-refractivity contribution in [2.75, 3.05) is 6.54 Å². The minimum absolute atomic E-state index is 0.252. The molecule has 0 bridgehead atoms. The first-order valence-corrected chi connectivity index (χ1v) is 6.08. The molecule has 0 radical (unpaired) electrons. The minimum atomic E-state index is -0.509. The Morgan fingerprint density at radius 1 is 1.05 bits per heavy atom. The quantitative estimate of drug-likeness (QED) is 0.883. The van der Waals surface area contributed by atoms with E-state index in [4.69, 9.17) is 10.5 Å². The summed E-state index contributed by atoms with van der Waals surface area (Å²) in [6, 6.07) is 18.2. The van der Waals surface area contributed by atoms with Crippen LogP contribution in [0.4, 0.5) is 4.79 Å². The van der Waals surface area contributed by atoms with Crippen LogP contribution in [0.25, 0.3) is 0 Å². The number of hydrogen-bond donors (Lipinski definition) is 2. The summed E-state index contributed by atoms with van der Waals surface area (Å²) in [7, 11) is 0. The molecule has 0 spiro atoms. The fourth-order valence-electron chi connectivity index (χ4n) is 1.73. The van der Waals surface area contributed by atoms with E-state index < -0.39 is 6.09 Å². The van der Waals surface area contributed by atoms with Crippen molar-refractivity contribution in [3.63, 3.8) is 0 Å². The second-order valence-electron chi connectivity index (χ2n) is 4.05. The minimum Gasteiger partial charge on any atom is -0.410 e. The molecule has 0 heterocycles. The molecule has 4 heteroatoms. The maximum atomic E-state index is 11.8. The molecule has 1 atom stereocenters. The highest BCUT2D eigenvalue weighted by Crippen LogP contribution is 2.13. The number of amides is 1. The normalized spacial score (nSPS) is 11.6. The van der Waals surface area contributed by atoms with E-state index in [1.54, 1.807) is 24.3 Å². The SMILES string of the molecule is NCC(NC(=O)Oc1ccccc1)c1ccccc1. The fraction of sp³-hybridized carbons (Fsp3) is 0.133. The third-order valence-electron chi connectivity index (χ3n) is 2.68. The van der Waals surface area contributed by atoms with Gasteiger partial charge >= 0.3 is 6.09 Å². The maximum absolute atomic E-state index is 11.8. The van der Waals surface area contributed by atoms with E-state index in [1.807, 2.05) is 36.4 Å². The van der Waals surface area contributed by atoms with Gasteiger partial charge in [-0.1, -0.05) is 48.5 Å². The number of ether oxygens (including phenoxy) is 1. The van der Waals surface area contributed by atoms with Gasteiger partial charge in [-0.15, -0.1) is 0 Å². The van der Waals surface area contributed by atoms with Gasteiger partial charge in [0, 0.05) is 6.54 Å². The van der Waals surface area contributed by atoms with E-state index in [-0.39, 0.29) is 6.04 Å². The lowest BCUT2D eigenvalue weighted by molar-refractivity contribution is 0.196. The molecule has 0 aliphatic rings. The van der Waals surface area contributed by atoms with Crippen molar-refractivity contribution >= 4 is 6.09 Å². The number of rotatable bonds is 4. The van der Waals surface area contributed by atoms with Crippen LogP contribution in [-0.2, 0) is 0 Å². The monoisotopic (exact) mass is 256 g/mol. The van der Waals surface area contributed by atoms with E-state index in [9.17, 15) is 4.79 Å². The van der Waals surface area contributed by atoms with Crippen molar-refractivity contribution in [1.29, 1.82) is 0 Å². The standard InChI is InChI=1S/C15H16N2O2/c16-11-14(12-7-3-1-4-8-12)17-15(18)19-13-9-5-2-6-10-13/h1-10,14H,11,16H2,(H,17,18). The second-order valence-corrected chi connectivity index (χ2v) is 4.05. The molecule has 19 heavy (non-hydrogen) atoms. The first-order chi connectivity index (χ1) is 9.29. The summed E-state index contributed by atoms with van der Waals surface area (Å²) in [5, 5.41) is 2.75. The number of carbonyl (C=O) groups excluding carboxylic acids is 1. The average Bonchev–Trinajstić information content (AvgIpc) is 2.47. The molecule has 1 amide bonds. The molecule has 1 unspecified atom stereocenters. The third kappa shape index (κ3) is 3.82. The van der Waals surface area contributed by atoms with E-state index in [2.05, 4.69) is 5.32 Å². The van der Waals surface area contributed by atoms with Crippen LogP contribution in [0, 0.1) is 0 Å². The highest BCUT2D eigenvalue weighted by molar-refractivity contribution is 5.71. The molecular weight excluding hydrogens is 240 g/mol. The fourth-order valence-corrected chi connectivity index (χ4v) is 1.73. The van der Waals surface area contributed by atoms with Gasteiger partial charge in [-0.05, 0) is 17.7 Å². The van der Waals surface area contributed by atoms with Crippen LogP contribution in [-0.4, -0.2) is 12.6 Å². The molecule has 0 fully saturated rings. The van der Waals surface area contributed by atoms with Crippen molar-refractivity contribution in [1.82, 2.24) is 5.32 Å². The number of para-hydroxylation sites is 1. The maximum Gasteiger partial charge on any atom is 0.413 e. The Balaban J connectivity index is 1.97. The molecule has 0 saturated heterocycles. The first kappa shape index (κ1) is 13.1. The van der Waals surface area contributed by atoms with Gasteiger partial charge in [0.2, 0.25) is 0 Å². The predicted molar refractivity (Wildman–Crippen MR) is 73.8 cm³/mol. The molecule has 2 aromatic rings. The highest BCUT2D eigenvalue weighted by Gasteiger charge is 2.13. The number of benzene rings is 2. The Morgan fingerprint density at radius 2 is 1.63 bits per heavy atom. The lowest BCUT2D eigenvalue weighted by atomic mass is 10.1. The molecule has 0 aliphatic heterocycles. The largest absolute Gasteiger partial charge is 0.413 e. The Morgan fingerprint density at radius 3 is 2.21 bits per heavy atom. The molecule has 4 nitrogen and oxygen atoms in total. The molecule has 3 N–H and O–H groups in total. The van der Waals surface area contributed by atoms with Crippen LogP contribution in [0.2, 0.25) is 0 Å². The van der Waals surface area contributed by atoms with Crippen LogP contribution in [0.5, 0.6) is 5.75 Å². The summed E-state index contributed by atoms with van der Waals surface area (Å²) in [6.07, 6.45) is -0.509. The van der Waals surface area contributed by atoms with Crippen molar-refractivity contribution < 1.29 is 9.53 Å². The van der Waals surface area contributed by atoms with Crippen LogP contribution in [0.1, 0.15) is 11.6 Å². The zero-order chi connectivity index (χ0) is 13.5. The number of carbonyl (C=O) groups is 1. The molecule has 0 saturated carbocycles. The van der Waals surface area contributed by atoms with Crippen molar-refractivity contribution in [2.24, 2.45) is 5.73 Å². The molecular formula is C15H16N2O2. The van der Waals surface area contributed by atoms with Crippen molar-refractivity contribution in [3.05, 3.63) is 66.2 Å². The van der Waals surface area contributed by atoms with Gasteiger partial charge in [0.25, 0.3) is 0 Å². The van der Waals surface area contributed by atoms with E-state index in [1.165, 1.54) is 0 Å². The van der Waals surface area contributed by atoms with E-state index >= 15 is 0 Å². The second kappa shape index (κ2) is 6.56. The number of hydrogen-bond acceptors (Lipinski definition) is 3. The van der Waals surface area contributed by atoms with Crippen molar-refractivity contribution in [3.8, 4) is 5.75 Å². The van der Waals surface area contributed by atoms with Gasteiger partial charge < -0.3 is 15.8 Å². The predicted octanol–water partition coefficient (Wildman–Crippen LogP) is 2.48. The topological polar surface area (TPSA) is 64.3 Å². The molecule has 0 aromatic heterocycles. The summed E-state index contributed by atoms with van der Waals surface area (Å²) in [4.78, 5) is 11.8.